The van der Waals surface area contributed by atoms with Crippen molar-refractivity contribution in [2.75, 3.05) is 44.7 Å². The summed E-state index contributed by atoms with van der Waals surface area (Å²) in [4.78, 5) is 33.1. The number of carbonyl (C=O) groups is 1. The number of halogens is 1. The van der Waals surface area contributed by atoms with Gasteiger partial charge in [0.15, 0.2) is 0 Å². The minimum Gasteiger partial charge on any atom is -0.379 e. The normalized spacial score (nSPS) is 14.4. The zero-order chi connectivity index (χ0) is 23.4. The number of aryl methyl sites for hydroxylation is 2. The average molecular weight is 469 g/mol. The van der Waals surface area contributed by atoms with Crippen molar-refractivity contribution in [3.63, 3.8) is 0 Å². The predicted molar refractivity (Wildman–Crippen MR) is 132 cm³/mol. The molecule has 4 rings (SSSR count). The number of ether oxygens (including phenoxy) is 1. The van der Waals surface area contributed by atoms with E-state index in [0.29, 0.717) is 42.6 Å². The van der Waals surface area contributed by atoms with Gasteiger partial charge in [-0.2, -0.15) is 0 Å². The molecule has 1 aliphatic heterocycles. The van der Waals surface area contributed by atoms with Gasteiger partial charge >= 0.3 is 6.03 Å². The summed E-state index contributed by atoms with van der Waals surface area (Å²) in [5.74, 6) is 0. The molecule has 0 saturated carbocycles. The van der Waals surface area contributed by atoms with E-state index in [1.165, 1.54) is 0 Å². The third-order valence-corrected chi connectivity index (χ3v) is 6.38. The lowest BCUT2D eigenvalue weighted by Gasteiger charge is -2.30. The van der Waals surface area contributed by atoms with Crippen molar-refractivity contribution in [3.8, 4) is 0 Å². The molecule has 1 saturated heterocycles. The van der Waals surface area contributed by atoms with Gasteiger partial charge in [-0.1, -0.05) is 29.8 Å². The molecular weight excluding hydrogens is 440 g/mol. The number of anilines is 1. The van der Waals surface area contributed by atoms with E-state index < -0.39 is 0 Å². The molecule has 0 atom stereocenters. The van der Waals surface area contributed by atoms with Gasteiger partial charge in [0, 0.05) is 42.5 Å². The second-order valence-corrected chi connectivity index (χ2v) is 8.85. The molecule has 33 heavy (non-hydrogen) atoms. The molecule has 1 aliphatic rings. The average Bonchev–Trinajstić information content (AvgIpc) is 2.80. The van der Waals surface area contributed by atoms with E-state index in [0.717, 1.165) is 35.1 Å². The van der Waals surface area contributed by atoms with Crippen LogP contribution in [0.2, 0.25) is 5.02 Å². The monoisotopic (exact) mass is 468 g/mol. The highest BCUT2D eigenvalue weighted by Gasteiger charge is 2.19. The van der Waals surface area contributed by atoms with Gasteiger partial charge in [0.25, 0.3) is 5.56 Å². The number of carbonyl (C=O) groups excluding carboxylic acids is 1. The summed E-state index contributed by atoms with van der Waals surface area (Å²) in [6, 6.07) is 12.7. The first-order valence-corrected chi connectivity index (χ1v) is 11.5. The van der Waals surface area contributed by atoms with Gasteiger partial charge in [0.2, 0.25) is 0 Å². The molecule has 0 spiro atoms. The maximum atomic E-state index is 13.2. The fourth-order valence-corrected chi connectivity index (χ4v) is 4.19. The van der Waals surface area contributed by atoms with Crippen LogP contribution in [-0.4, -0.2) is 60.2 Å². The van der Waals surface area contributed by atoms with Crippen LogP contribution < -0.4 is 10.9 Å². The summed E-state index contributed by atoms with van der Waals surface area (Å²) < 4.78 is 5.42. The Hall–Kier alpha value is -2.87. The Kier molecular flexibility index (Phi) is 7.33. The summed E-state index contributed by atoms with van der Waals surface area (Å²) in [7, 11) is 0. The van der Waals surface area contributed by atoms with Gasteiger partial charge in [0.1, 0.15) is 0 Å². The number of H-pyrrole nitrogens is 1. The van der Waals surface area contributed by atoms with Crippen molar-refractivity contribution in [1.82, 2.24) is 14.8 Å². The SMILES string of the molecule is Cc1ccc2cc(CN(CCN3CCOCC3)C(=O)Nc3cccc(Cl)c3)c(=O)[nH]c2c1C. The molecule has 2 N–H and O–H groups in total. The maximum Gasteiger partial charge on any atom is 0.322 e. The number of rotatable bonds is 6. The molecular formula is C25H29ClN4O3. The molecule has 2 aromatic carbocycles. The van der Waals surface area contributed by atoms with Crippen LogP contribution in [0.25, 0.3) is 10.9 Å². The number of nitrogens with one attached hydrogen (secondary N) is 2. The fourth-order valence-electron chi connectivity index (χ4n) is 4.00. The van der Waals surface area contributed by atoms with Crippen molar-refractivity contribution >= 4 is 34.2 Å². The summed E-state index contributed by atoms with van der Waals surface area (Å²) in [5, 5.41) is 4.41. The van der Waals surface area contributed by atoms with Crippen molar-refractivity contribution in [2.24, 2.45) is 0 Å². The molecule has 1 fully saturated rings. The number of benzene rings is 2. The largest absolute Gasteiger partial charge is 0.379 e. The lowest BCUT2D eigenvalue weighted by molar-refractivity contribution is 0.0349. The van der Waals surface area contributed by atoms with Crippen LogP contribution in [0.1, 0.15) is 16.7 Å². The standard InChI is InChI=1S/C25H29ClN4O3/c1-17-6-7-19-14-20(24(31)28-23(19)18(17)2)16-30(9-8-29-10-12-33-13-11-29)25(32)27-22-5-3-4-21(26)15-22/h3-7,14-15H,8-13,16H2,1-2H3,(H,27,32)(H,28,31). The first kappa shape index (κ1) is 23.3. The van der Waals surface area contributed by atoms with E-state index in [1.54, 1.807) is 29.2 Å². The zero-order valence-electron chi connectivity index (χ0n) is 19.0. The van der Waals surface area contributed by atoms with E-state index in [4.69, 9.17) is 16.3 Å². The molecule has 0 bridgehead atoms. The first-order chi connectivity index (χ1) is 15.9. The smallest absolute Gasteiger partial charge is 0.322 e. The van der Waals surface area contributed by atoms with Crippen molar-refractivity contribution in [2.45, 2.75) is 20.4 Å². The molecule has 7 nitrogen and oxygen atoms in total. The number of fused-ring (bicyclic) bond motifs is 1. The van der Waals surface area contributed by atoms with E-state index >= 15 is 0 Å². The number of aromatic nitrogens is 1. The molecule has 3 aromatic rings. The third-order valence-electron chi connectivity index (χ3n) is 6.14. The number of hydrogen-bond acceptors (Lipinski definition) is 4. The van der Waals surface area contributed by atoms with Crippen LogP contribution >= 0.6 is 11.6 Å². The Morgan fingerprint density at radius 3 is 2.73 bits per heavy atom. The first-order valence-electron chi connectivity index (χ1n) is 11.1. The fraction of sp³-hybridized carbons (Fsp3) is 0.360. The molecule has 2 amide bonds. The van der Waals surface area contributed by atoms with Crippen molar-refractivity contribution in [1.29, 1.82) is 0 Å². The van der Waals surface area contributed by atoms with Gasteiger partial charge in [-0.15, -0.1) is 0 Å². The van der Waals surface area contributed by atoms with Crippen molar-refractivity contribution < 1.29 is 9.53 Å². The Balaban J connectivity index is 1.58. The number of nitrogens with zero attached hydrogens (tertiary/aromatic N) is 2. The summed E-state index contributed by atoms with van der Waals surface area (Å²) >= 11 is 6.07. The minimum atomic E-state index is -0.273. The van der Waals surface area contributed by atoms with Gasteiger partial charge in [-0.3, -0.25) is 9.69 Å². The zero-order valence-corrected chi connectivity index (χ0v) is 19.7. The third kappa shape index (κ3) is 5.74. The van der Waals surface area contributed by atoms with E-state index in [1.807, 2.05) is 32.0 Å². The number of urea groups is 1. The van der Waals surface area contributed by atoms with Crippen LogP contribution in [0, 0.1) is 13.8 Å². The lowest BCUT2D eigenvalue weighted by Crippen LogP contribution is -2.44. The van der Waals surface area contributed by atoms with Gasteiger partial charge < -0.3 is 19.9 Å². The minimum absolute atomic E-state index is 0.178. The van der Waals surface area contributed by atoms with E-state index in [9.17, 15) is 9.59 Å². The highest BCUT2D eigenvalue weighted by molar-refractivity contribution is 6.30. The number of aromatic amines is 1. The summed E-state index contributed by atoms with van der Waals surface area (Å²) in [5.41, 5.74) is 4.00. The van der Waals surface area contributed by atoms with Crippen LogP contribution in [0.15, 0.2) is 47.3 Å². The van der Waals surface area contributed by atoms with Crippen LogP contribution in [0.5, 0.6) is 0 Å². The molecule has 0 radical (unpaired) electrons. The van der Waals surface area contributed by atoms with Gasteiger partial charge in [-0.05, 0) is 54.6 Å². The van der Waals surface area contributed by atoms with Crippen LogP contribution in [0.3, 0.4) is 0 Å². The van der Waals surface area contributed by atoms with E-state index in [2.05, 4.69) is 15.2 Å². The molecule has 0 unspecified atom stereocenters. The molecule has 174 valence electrons. The quantitative estimate of drug-likeness (QED) is 0.569. The van der Waals surface area contributed by atoms with E-state index in [-0.39, 0.29) is 18.1 Å². The predicted octanol–water partition coefficient (Wildman–Crippen LogP) is 4.16. The number of amides is 2. The van der Waals surface area contributed by atoms with Crippen LogP contribution in [0.4, 0.5) is 10.5 Å². The Morgan fingerprint density at radius 1 is 1.18 bits per heavy atom. The Labute approximate surface area is 198 Å². The Morgan fingerprint density at radius 2 is 1.97 bits per heavy atom. The van der Waals surface area contributed by atoms with Crippen molar-refractivity contribution in [3.05, 3.63) is 74.5 Å². The maximum absolute atomic E-state index is 13.2. The lowest BCUT2D eigenvalue weighted by atomic mass is 10.0. The van der Waals surface area contributed by atoms with Crippen LogP contribution in [-0.2, 0) is 11.3 Å². The topological polar surface area (TPSA) is 77.7 Å². The number of pyridine rings is 1. The summed E-state index contributed by atoms with van der Waals surface area (Å²) in [6.45, 7) is 8.46. The molecule has 0 aliphatic carbocycles. The Bertz CT molecular complexity index is 1200. The van der Waals surface area contributed by atoms with Gasteiger partial charge in [-0.25, -0.2) is 4.79 Å². The van der Waals surface area contributed by atoms with Gasteiger partial charge in [0.05, 0.1) is 25.3 Å². The molecule has 8 heteroatoms. The molecule has 2 heterocycles. The molecule has 1 aromatic heterocycles. The highest BCUT2D eigenvalue weighted by Crippen LogP contribution is 2.20. The number of hydrogen-bond donors (Lipinski definition) is 2. The highest BCUT2D eigenvalue weighted by atomic mass is 35.5. The second-order valence-electron chi connectivity index (χ2n) is 8.41. The number of morpholine rings is 1. The second kappa shape index (κ2) is 10.4. The summed E-state index contributed by atoms with van der Waals surface area (Å²) in [6.07, 6.45) is 0.